The van der Waals surface area contributed by atoms with Crippen LogP contribution in [-0.2, 0) is 0 Å². The first-order valence-electron chi connectivity index (χ1n) is 6.05. The van der Waals surface area contributed by atoms with Gasteiger partial charge in [-0.1, -0.05) is 6.92 Å². The van der Waals surface area contributed by atoms with Crippen LogP contribution in [0.2, 0.25) is 0 Å². The summed E-state index contributed by atoms with van der Waals surface area (Å²) in [6.07, 6.45) is 4.55. The molecular formula is C13H17N3OS. The van der Waals surface area contributed by atoms with E-state index >= 15 is 0 Å². The molecule has 0 aliphatic carbocycles. The Balaban J connectivity index is 2.08. The minimum atomic E-state index is 0.129. The number of thiazole rings is 1. The van der Waals surface area contributed by atoms with Crippen molar-refractivity contribution in [2.75, 3.05) is 11.9 Å². The lowest BCUT2D eigenvalue weighted by atomic mass is 10.3. The molecule has 0 saturated heterocycles. The Bertz CT molecular complexity index is 473. The maximum Gasteiger partial charge on any atom is 0.169 e. The van der Waals surface area contributed by atoms with Gasteiger partial charge in [0.25, 0.3) is 0 Å². The second-order valence-electron chi connectivity index (χ2n) is 3.93. The average molecular weight is 263 g/mol. The minimum Gasteiger partial charge on any atom is -0.490 e. The third-order valence-electron chi connectivity index (χ3n) is 2.41. The predicted molar refractivity (Wildman–Crippen MR) is 74.2 cm³/mol. The van der Waals surface area contributed by atoms with Crippen LogP contribution in [0.5, 0.6) is 5.75 Å². The molecular weight excluding hydrogens is 246 g/mol. The molecule has 18 heavy (non-hydrogen) atoms. The van der Waals surface area contributed by atoms with Crippen molar-refractivity contribution >= 4 is 17.2 Å². The van der Waals surface area contributed by atoms with Gasteiger partial charge in [-0.15, -0.1) is 11.3 Å². The number of pyridine rings is 1. The van der Waals surface area contributed by atoms with Gasteiger partial charge in [0.15, 0.2) is 11.6 Å². The maximum absolute atomic E-state index is 5.66. The van der Waals surface area contributed by atoms with Crippen LogP contribution in [0.25, 0.3) is 0 Å². The zero-order chi connectivity index (χ0) is 12.8. The highest BCUT2D eigenvalue weighted by Crippen LogP contribution is 2.26. The molecule has 0 spiro atoms. The maximum atomic E-state index is 5.66. The van der Waals surface area contributed by atoms with Crippen LogP contribution in [0.4, 0.5) is 5.82 Å². The molecule has 5 heteroatoms. The molecule has 0 saturated carbocycles. The molecule has 0 bridgehead atoms. The first-order chi connectivity index (χ1) is 8.81. The van der Waals surface area contributed by atoms with Crippen LogP contribution in [0.3, 0.4) is 0 Å². The van der Waals surface area contributed by atoms with Crippen LogP contribution >= 0.6 is 11.3 Å². The Morgan fingerprint density at radius 2 is 2.28 bits per heavy atom. The van der Waals surface area contributed by atoms with Gasteiger partial charge in [-0.25, -0.2) is 9.97 Å². The monoisotopic (exact) mass is 263 g/mol. The zero-order valence-electron chi connectivity index (χ0n) is 10.6. The number of nitrogens with one attached hydrogen (secondary N) is 1. The van der Waals surface area contributed by atoms with Gasteiger partial charge in [-0.2, -0.15) is 0 Å². The van der Waals surface area contributed by atoms with Crippen LogP contribution in [0.15, 0.2) is 29.9 Å². The molecule has 0 aliphatic rings. The molecule has 2 aromatic rings. The molecule has 2 heterocycles. The highest BCUT2D eigenvalue weighted by atomic mass is 32.1. The molecule has 0 aromatic carbocycles. The van der Waals surface area contributed by atoms with Gasteiger partial charge in [-0.3, -0.25) is 0 Å². The molecule has 0 fully saturated rings. The lowest BCUT2D eigenvalue weighted by Crippen LogP contribution is -2.09. The van der Waals surface area contributed by atoms with E-state index in [0.717, 1.165) is 23.0 Å². The van der Waals surface area contributed by atoms with Crippen LogP contribution < -0.4 is 10.1 Å². The fourth-order valence-electron chi connectivity index (χ4n) is 1.54. The largest absolute Gasteiger partial charge is 0.490 e. The van der Waals surface area contributed by atoms with E-state index in [1.54, 1.807) is 17.5 Å². The van der Waals surface area contributed by atoms with Crippen molar-refractivity contribution in [1.82, 2.24) is 9.97 Å². The topological polar surface area (TPSA) is 47.0 Å². The Labute approximate surface area is 111 Å². The van der Waals surface area contributed by atoms with E-state index in [-0.39, 0.29) is 6.04 Å². The average Bonchev–Trinajstić information content (AvgIpc) is 2.91. The van der Waals surface area contributed by atoms with Crippen molar-refractivity contribution in [3.8, 4) is 5.75 Å². The Morgan fingerprint density at radius 1 is 1.39 bits per heavy atom. The number of aromatic nitrogens is 2. The second kappa shape index (κ2) is 6.35. The van der Waals surface area contributed by atoms with Crippen LogP contribution in [-0.4, -0.2) is 16.6 Å². The summed E-state index contributed by atoms with van der Waals surface area (Å²) in [6, 6.07) is 3.94. The smallest absolute Gasteiger partial charge is 0.169 e. The first-order valence-corrected chi connectivity index (χ1v) is 6.93. The molecule has 96 valence electrons. The van der Waals surface area contributed by atoms with Crippen molar-refractivity contribution in [2.24, 2.45) is 0 Å². The zero-order valence-corrected chi connectivity index (χ0v) is 11.4. The van der Waals surface area contributed by atoms with Crippen LogP contribution in [0.1, 0.15) is 31.3 Å². The summed E-state index contributed by atoms with van der Waals surface area (Å²) in [6.45, 7) is 4.85. The fraction of sp³-hybridized carbons (Fsp3) is 0.385. The van der Waals surface area contributed by atoms with Crippen molar-refractivity contribution in [1.29, 1.82) is 0 Å². The standard InChI is InChI=1S/C13H17N3OS/c1-3-8-17-11-5-4-6-14-12(11)16-10(2)13-15-7-9-18-13/h4-7,9-10H,3,8H2,1-2H3,(H,14,16). The molecule has 4 nitrogen and oxygen atoms in total. The summed E-state index contributed by atoms with van der Waals surface area (Å²) in [7, 11) is 0. The quantitative estimate of drug-likeness (QED) is 0.866. The van der Waals surface area contributed by atoms with E-state index in [9.17, 15) is 0 Å². The summed E-state index contributed by atoms with van der Waals surface area (Å²) in [5.74, 6) is 1.57. The van der Waals surface area contributed by atoms with Gasteiger partial charge in [0, 0.05) is 17.8 Å². The van der Waals surface area contributed by atoms with Crippen molar-refractivity contribution < 1.29 is 4.74 Å². The summed E-state index contributed by atoms with van der Waals surface area (Å²) in [5.41, 5.74) is 0. The van der Waals surface area contributed by atoms with E-state index in [0.29, 0.717) is 6.61 Å². The van der Waals surface area contributed by atoms with E-state index in [1.807, 2.05) is 23.7 Å². The lowest BCUT2D eigenvalue weighted by Gasteiger charge is -2.15. The van der Waals surface area contributed by atoms with Gasteiger partial charge in [0.05, 0.1) is 12.6 Å². The van der Waals surface area contributed by atoms with Crippen LogP contribution in [0, 0.1) is 0 Å². The molecule has 0 aliphatic heterocycles. The van der Waals surface area contributed by atoms with Crippen molar-refractivity contribution in [2.45, 2.75) is 26.3 Å². The van der Waals surface area contributed by atoms with E-state index in [4.69, 9.17) is 4.74 Å². The van der Waals surface area contributed by atoms with Crippen molar-refractivity contribution in [3.05, 3.63) is 34.9 Å². The van der Waals surface area contributed by atoms with E-state index in [2.05, 4.69) is 29.1 Å². The minimum absolute atomic E-state index is 0.129. The normalized spacial score (nSPS) is 12.1. The Morgan fingerprint density at radius 3 is 3.00 bits per heavy atom. The Hall–Kier alpha value is -1.62. The van der Waals surface area contributed by atoms with Gasteiger partial charge < -0.3 is 10.1 Å². The predicted octanol–water partition coefficient (Wildman–Crippen LogP) is 3.50. The molecule has 2 aromatic heterocycles. The third-order valence-corrected chi connectivity index (χ3v) is 3.37. The van der Waals surface area contributed by atoms with Gasteiger partial charge in [0.2, 0.25) is 0 Å². The molecule has 0 radical (unpaired) electrons. The first kappa shape index (κ1) is 12.8. The second-order valence-corrected chi connectivity index (χ2v) is 4.86. The van der Waals surface area contributed by atoms with E-state index < -0.39 is 0 Å². The molecule has 1 unspecified atom stereocenters. The van der Waals surface area contributed by atoms with Gasteiger partial charge >= 0.3 is 0 Å². The Kier molecular flexibility index (Phi) is 4.52. The molecule has 1 atom stereocenters. The van der Waals surface area contributed by atoms with E-state index in [1.165, 1.54) is 0 Å². The number of ether oxygens (including phenoxy) is 1. The molecule has 0 amide bonds. The van der Waals surface area contributed by atoms with Crippen molar-refractivity contribution in [3.63, 3.8) is 0 Å². The highest BCUT2D eigenvalue weighted by Gasteiger charge is 2.11. The summed E-state index contributed by atoms with van der Waals surface area (Å²) < 4.78 is 5.66. The highest BCUT2D eigenvalue weighted by molar-refractivity contribution is 7.09. The fourth-order valence-corrected chi connectivity index (χ4v) is 2.19. The van der Waals surface area contributed by atoms with Gasteiger partial charge in [-0.05, 0) is 25.5 Å². The summed E-state index contributed by atoms with van der Waals surface area (Å²) in [4.78, 5) is 8.61. The number of hydrogen-bond donors (Lipinski definition) is 1. The lowest BCUT2D eigenvalue weighted by molar-refractivity contribution is 0.317. The van der Waals surface area contributed by atoms with Gasteiger partial charge in [0.1, 0.15) is 5.01 Å². The SMILES string of the molecule is CCCOc1cccnc1NC(C)c1nccs1. The third kappa shape index (κ3) is 3.20. The summed E-state index contributed by atoms with van der Waals surface area (Å²) in [5, 5.41) is 6.35. The molecule has 2 rings (SSSR count). The number of anilines is 1. The number of nitrogens with zero attached hydrogens (tertiary/aromatic N) is 2. The summed E-state index contributed by atoms with van der Waals surface area (Å²) >= 11 is 1.63. The number of rotatable bonds is 6. The molecule has 1 N–H and O–H groups in total. The number of hydrogen-bond acceptors (Lipinski definition) is 5.